The molecule has 1 aromatic carbocycles. The molecule has 0 aliphatic carbocycles. The summed E-state index contributed by atoms with van der Waals surface area (Å²) in [6.45, 7) is 9.57. The highest BCUT2D eigenvalue weighted by molar-refractivity contribution is 6.29. The van der Waals surface area contributed by atoms with Crippen LogP contribution in [0.1, 0.15) is 56.1 Å². The average Bonchev–Trinajstić information content (AvgIpc) is 2.79. The Morgan fingerprint density at radius 3 is 2.24 bits per heavy atom. The number of nitrogens with zero attached hydrogens (tertiary/aromatic N) is 1. The van der Waals surface area contributed by atoms with Crippen molar-refractivity contribution in [3.63, 3.8) is 0 Å². The second-order valence-corrected chi connectivity index (χ2v) is 8.82. The molecule has 6 nitrogen and oxygen atoms in total. The molecule has 0 saturated carbocycles. The molecule has 0 aliphatic heterocycles. The van der Waals surface area contributed by atoms with E-state index in [4.69, 9.17) is 21.1 Å². The Bertz CT molecular complexity index is 1100. The molecular weight excluding hydrogens is 452 g/mol. The molecule has 0 fully saturated rings. The minimum absolute atomic E-state index is 0.0963. The number of halogens is 1. The van der Waals surface area contributed by atoms with Crippen LogP contribution < -0.4 is 5.32 Å². The smallest absolute Gasteiger partial charge is 0.251 e. The third-order valence-electron chi connectivity index (χ3n) is 4.44. The second kappa shape index (κ2) is 12.9. The Kier molecular flexibility index (Phi) is 10.3. The van der Waals surface area contributed by atoms with Crippen LogP contribution in [0.5, 0.6) is 0 Å². The highest BCUT2D eigenvalue weighted by Gasteiger charge is 2.30. The first kappa shape index (κ1) is 27.1. The number of carbonyl (C=O) groups is 2. The van der Waals surface area contributed by atoms with Crippen molar-refractivity contribution in [2.45, 2.75) is 52.4 Å². The van der Waals surface area contributed by atoms with Crippen LogP contribution in [0.15, 0.2) is 42.6 Å². The summed E-state index contributed by atoms with van der Waals surface area (Å²) in [5.74, 6) is 10.7. The van der Waals surface area contributed by atoms with Gasteiger partial charge in [0.25, 0.3) is 5.91 Å². The van der Waals surface area contributed by atoms with Crippen LogP contribution in [-0.4, -0.2) is 47.6 Å². The SMILES string of the molecule is CCOCC(=O)C(NC(=O)c1ccc(C#CC#Cc2ccc(Cl)nc2)cc1)[C@@H](C)OC(C)(C)C. The zero-order chi connectivity index (χ0) is 25.1. The molecule has 0 aliphatic rings. The highest BCUT2D eigenvalue weighted by atomic mass is 35.5. The molecule has 2 rings (SSSR count). The van der Waals surface area contributed by atoms with Gasteiger partial charge in [-0.3, -0.25) is 9.59 Å². The van der Waals surface area contributed by atoms with Gasteiger partial charge in [0, 0.05) is 29.5 Å². The molecule has 178 valence electrons. The number of ether oxygens (including phenoxy) is 2. The fraction of sp³-hybridized carbons (Fsp3) is 0.370. The molecule has 0 saturated heterocycles. The molecule has 7 heteroatoms. The molecule has 0 bridgehead atoms. The monoisotopic (exact) mass is 480 g/mol. The van der Waals surface area contributed by atoms with Gasteiger partial charge in [-0.15, -0.1) is 0 Å². The number of Topliss-reactive ketones (excluding diaryl/α,β-unsaturated/α-hetero) is 1. The summed E-state index contributed by atoms with van der Waals surface area (Å²) >= 11 is 5.75. The standard InChI is InChI=1S/C27H29ClN2O4/c1-6-33-18-23(31)25(19(2)34-27(3,4)5)30-26(32)22-14-11-20(12-15-22)9-7-8-10-21-13-16-24(28)29-17-21/h11-17,19,25H,6,18H2,1-5H3,(H,30,32)/t19-,25?/m1/s1. The largest absolute Gasteiger partial charge is 0.374 e. The number of carbonyl (C=O) groups excluding carboxylic acids is 2. The van der Waals surface area contributed by atoms with E-state index in [2.05, 4.69) is 34.0 Å². The summed E-state index contributed by atoms with van der Waals surface area (Å²) in [7, 11) is 0. The molecule has 1 amide bonds. The highest BCUT2D eigenvalue weighted by Crippen LogP contribution is 2.15. The number of hydrogen-bond acceptors (Lipinski definition) is 5. The van der Waals surface area contributed by atoms with E-state index in [-0.39, 0.29) is 18.3 Å². The van der Waals surface area contributed by atoms with Gasteiger partial charge in [-0.2, -0.15) is 0 Å². The summed E-state index contributed by atoms with van der Waals surface area (Å²) in [4.78, 5) is 29.4. The lowest BCUT2D eigenvalue weighted by Crippen LogP contribution is -2.51. The molecule has 2 atom stereocenters. The van der Waals surface area contributed by atoms with Gasteiger partial charge < -0.3 is 14.8 Å². The third-order valence-corrected chi connectivity index (χ3v) is 4.67. The maximum Gasteiger partial charge on any atom is 0.251 e. The molecule has 2 aromatic rings. The molecule has 34 heavy (non-hydrogen) atoms. The van der Waals surface area contributed by atoms with Gasteiger partial charge >= 0.3 is 0 Å². The van der Waals surface area contributed by atoms with Crippen LogP contribution in [0, 0.1) is 23.7 Å². The number of aromatic nitrogens is 1. The van der Waals surface area contributed by atoms with E-state index in [9.17, 15) is 9.59 Å². The summed E-state index contributed by atoms with van der Waals surface area (Å²) < 4.78 is 11.2. The van der Waals surface area contributed by atoms with E-state index in [1.807, 2.05) is 20.8 Å². The topological polar surface area (TPSA) is 77.5 Å². The van der Waals surface area contributed by atoms with Gasteiger partial charge in [0.15, 0.2) is 5.78 Å². The number of amides is 1. The van der Waals surface area contributed by atoms with Crippen molar-refractivity contribution >= 4 is 23.3 Å². The van der Waals surface area contributed by atoms with E-state index < -0.39 is 17.7 Å². The number of benzene rings is 1. The quantitative estimate of drug-likeness (QED) is 0.455. The first-order chi connectivity index (χ1) is 16.1. The van der Waals surface area contributed by atoms with Crippen molar-refractivity contribution in [2.75, 3.05) is 13.2 Å². The van der Waals surface area contributed by atoms with Crippen molar-refractivity contribution in [2.24, 2.45) is 0 Å². The van der Waals surface area contributed by atoms with E-state index in [1.165, 1.54) is 0 Å². The molecule has 1 aromatic heterocycles. The Morgan fingerprint density at radius 1 is 1.06 bits per heavy atom. The summed E-state index contributed by atoms with van der Waals surface area (Å²) in [6, 6.07) is 9.32. The number of pyridine rings is 1. The minimum atomic E-state index is -0.838. The molecule has 1 N–H and O–H groups in total. The van der Waals surface area contributed by atoms with Crippen LogP contribution in [0.2, 0.25) is 5.15 Å². The van der Waals surface area contributed by atoms with Gasteiger partial charge in [0.05, 0.1) is 11.7 Å². The average molecular weight is 481 g/mol. The number of nitrogens with one attached hydrogen (secondary N) is 1. The van der Waals surface area contributed by atoms with Gasteiger partial charge in [0.2, 0.25) is 0 Å². The zero-order valence-corrected chi connectivity index (χ0v) is 20.8. The van der Waals surface area contributed by atoms with E-state index >= 15 is 0 Å². The maximum absolute atomic E-state index is 12.8. The van der Waals surface area contributed by atoms with Gasteiger partial charge in [-0.05, 0) is 82.9 Å². The Morgan fingerprint density at radius 2 is 1.68 bits per heavy atom. The van der Waals surface area contributed by atoms with Crippen LogP contribution in [-0.2, 0) is 14.3 Å². The molecule has 1 heterocycles. The minimum Gasteiger partial charge on any atom is -0.374 e. The molecular formula is C27H29ClN2O4. The van der Waals surface area contributed by atoms with E-state index in [1.54, 1.807) is 56.4 Å². The van der Waals surface area contributed by atoms with Gasteiger partial charge in [-0.25, -0.2) is 4.98 Å². The van der Waals surface area contributed by atoms with Crippen molar-refractivity contribution in [1.29, 1.82) is 0 Å². The first-order valence-electron chi connectivity index (χ1n) is 10.9. The second-order valence-electron chi connectivity index (χ2n) is 8.44. The van der Waals surface area contributed by atoms with E-state index in [0.29, 0.717) is 28.5 Å². The normalized spacial score (nSPS) is 12.4. The van der Waals surface area contributed by atoms with E-state index in [0.717, 1.165) is 0 Å². The van der Waals surface area contributed by atoms with Crippen molar-refractivity contribution in [3.8, 4) is 23.7 Å². The Labute approximate surface area is 206 Å². The fourth-order valence-electron chi connectivity index (χ4n) is 2.96. The van der Waals surface area contributed by atoms with Crippen LogP contribution in [0.25, 0.3) is 0 Å². The molecule has 0 radical (unpaired) electrons. The maximum atomic E-state index is 12.8. The predicted molar refractivity (Wildman–Crippen MR) is 132 cm³/mol. The van der Waals surface area contributed by atoms with Gasteiger partial charge in [0.1, 0.15) is 17.8 Å². The third kappa shape index (κ3) is 9.37. The van der Waals surface area contributed by atoms with Gasteiger partial charge in [-0.1, -0.05) is 23.4 Å². The summed E-state index contributed by atoms with van der Waals surface area (Å²) in [6.07, 6.45) is 1.04. The Hall–Kier alpha value is -3.16. The Balaban J connectivity index is 2.07. The number of hydrogen-bond donors (Lipinski definition) is 1. The lowest BCUT2D eigenvalue weighted by molar-refractivity contribution is -0.133. The van der Waals surface area contributed by atoms with Crippen molar-refractivity contribution < 1.29 is 19.1 Å². The lowest BCUT2D eigenvalue weighted by atomic mass is 10.0. The van der Waals surface area contributed by atoms with Crippen LogP contribution in [0.3, 0.4) is 0 Å². The lowest BCUT2D eigenvalue weighted by Gasteiger charge is -2.30. The fourth-order valence-corrected chi connectivity index (χ4v) is 3.08. The van der Waals surface area contributed by atoms with Crippen LogP contribution >= 0.6 is 11.6 Å². The first-order valence-corrected chi connectivity index (χ1v) is 11.3. The molecule has 0 spiro atoms. The molecule has 1 unspecified atom stereocenters. The summed E-state index contributed by atoms with van der Waals surface area (Å²) in [5.41, 5.74) is 1.35. The zero-order valence-electron chi connectivity index (χ0n) is 20.1. The predicted octanol–water partition coefficient (Wildman–Crippen LogP) is 4.05. The summed E-state index contributed by atoms with van der Waals surface area (Å²) in [5, 5.41) is 3.20. The number of rotatable bonds is 8. The van der Waals surface area contributed by atoms with Crippen molar-refractivity contribution in [1.82, 2.24) is 10.3 Å². The van der Waals surface area contributed by atoms with Crippen molar-refractivity contribution in [3.05, 3.63) is 64.4 Å². The number of ketones is 1. The van der Waals surface area contributed by atoms with Crippen LogP contribution in [0.4, 0.5) is 0 Å².